The van der Waals surface area contributed by atoms with Crippen molar-refractivity contribution in [1.82, 2.24) is 30.6 Å². The number of halogens is 1. The van der Waals surface area contributed by atoms with E-state index in [4.69, 9.17) is 16.1 Å². The summed E-state index contributed by atoms with van der Waals surface area (Å²) in [6.45, 7) is 2.96. The minimum atomic E-state index is -0.708. The number of non-ortho nitro benzene ring substituents is 1. The molecule has 15 nitrogen and oxygen atoms in total. The van der Waals surface area contributed by atoms with Crippen molar-refractivity contribution in [2.45, 2.75) is 20.4 Å². The summed E-state index contributed by atoms with van der Waals surface area (Å²) in [6, 6.07) is 3.47. The van der Waals surface area contributed by atoms with E-state index >= 15 is 0 Å². The largest absolute Gasteiger partial charge is 0.350 e. The zero-order chi connectivity index (χ0) is 25.0. The van der Waals surface area contributed by atoms with Gasteiger partial charge < -0.3 is 15.2 Å². The summed E-state index contributed by atoms with van der Waals surface area (Å²) >= 11 is 5.91. The lowest BCUT2D eigenvalue weighted by molar-refractivity contribution is -0.386. The third kappa shape index (κ3) is 5.32. The maximum atomic E-state index is 12.2. The van der Waals surface area contributed by atoms with Crippen LogP contribution in [0.1, 0.15) is 38.3 Å². The third-order valence-electron chi connectivity index (χ3n) is 4.58. The van der Waals surface area contributed by atoms with Crippen molar-refractivity contribution in [3.05, 3.63) is 72.1 Å². The number of nitro benzene ring substituents is 1. The highest BCUT2D eigenvalue weighted by atomic mass is 35.5. The van der Waals surface area contributed by atoms with Gasteiger partial charge in [0.25, 0.3) is 11.6 Å². The molecule has 0 aliphatic rings. The van der Waals surface area contributed by atoms with Crippen LogP contribution in [0.5, 0.6) is 0 Å². The van der Waals surface area contributed by atoms with Crippen molar-refractivity contribution in [3.63, 3.8) is 0 Å². The van der Waals surface area contributed by atoms with Crippen LogP contribution in [0.3, 0.4) is 0 Å². The van der Waals surface area contributed by atoms with E-state index in [9.17, 15) is 29.8 Å². The van der Waals surface area contributed by atoms with E-state index in [2.05, 4.69) is 25.9 Å². The van der Waals surface area contributed by atoms with E-state index in [0.717, 1.165) is 6.07 Å². The quantitative estimate of drug-likeness (QED) is 0.250. The number of aryl methyl sites for hydroxylation is 1. The van der Waals surface area contributed by atoms with Gasteiger partial charge in [0.2, 0.25) is 0 Å². The topological polar surface area (TPSA) is 201 Å². The lowest BCUT2D eigenvalue weighted by Gasteiger charge is -2.07. The van der Waals surface area contributed by atoms with Crippen LogP contribution in [0, 0.1) is 34.1 Å². The highest BCUT2D eigenvalue weighted by molar-refractivity contribution is 6.33. The minimum Gasteiger partial charge on any atom is -0.350 e. The van der Waals surface area contributed by atoms with Gasteiger partial charge in [-0.15, -0.1) is 0 Å². The molecular formula is C18H17ClN8O7. The summed E-state index contributed by atoms with van der Waals surface area (Å²) < 4.78 is 6.23. The van der Waals surface area contributed by atoms with Crippen LogP contribution < -0.4 is 10.6 Å². The molecule has 0 aliphatic carbocycles. The van der Waals surface area contributed by atoms with Crippen molar-refractivity contribution >= 4 is 34.8 Å². The van der Waals surface area contributed by atoms with E-state index < -0.39 is 21.7 Å². The number of hydrogen-bond acceptors (Lipinski definition) is 10. The SMILES string of the molecule is Cc1nn(Cc2noc(C(=O)NCCNC(=O)c3cc([N+](=O)[O-])ccc3Cl)n2)c(C)c1[N+](=O)[O-]. The van der Waals surface area contributed by atoms with Crippen LogP contribution in [0.2, 0.25) is 5.02 Å². The molecule has 2 aromatic heterocycles. The van der Waals surface area contributed by atoms with Gasteiger partial charge in [0.05, 0.1) is 20.4 Å². The normalized spacial score (nSPS) is 10.7. The van der Waals surface area contributed by atoms with Gasteiger partial charge in [-0.1, -0.05) is 16.8 Å². The molecule has 2 N–H and O–H groups in total. The predicted octanol–water partition coefficient (Wildman–Crippen LogP) is 1.56. The molecule has 0 spiro atoms. The molecule has 0 saturated heterocycles. The van der Waals surface area contributed by atoms with Gasteiger partial charge in [0.1, 0.15) is 17.9 Å². The van der Waals surface area contributed by atoms with E-state index in [-0.39, 0.29) is 59.0 Å². The Bertz CT molecular complexity index is 1290. The highest BCUT2D eigenvalue weighted by Gasteiger charge is 2.23. The summed E-state index contributed by atoms with van der Waals surface area (Å²) in [5.41, 5.74) is 0.0587. The number of aromatic nitrogens is 4. The van der Waals surface area contributed by atoms with Crippen molar-refractivity contribution in [2.75, 3.05) is 13.1 Å². The van der Waals surface area contributed by atoms with E-state index in [1.807, 2.05) is 0 Å². The van der Waals surface area contributed by atoms with Gasteiger partial charge in [-0.3, -0.25) is 34.5 Å². The molecule has 34 heavy (non-hydrogen) atoms. The number of amides is 2. The van der Waals surface area contributed by atoms with Crippen molar-refractivity contribution in [1.29, 1.82) is 0 Å². The fourth-order valence-corrected chi connectivity index (χ4v) is 3.18. The maximum absolute atomic E-state index is 12.2. The Kier molecular flexibility index (Phi) is 7.15. The molecule has 0 aliphatic heterocycles. The Morgan fingerprint density at radius 2 is 1.79 bits per heavy atom. The third-order valence-corrected chi connectivity index (χ3v) is 4.91. The molecule has 16 heteroatoms. The van der Waals surface area contributed by atoms with Crippen LogP contribution in [-0.4, -0.2) is 54.7 Å². The molecule has 3 rings (SSSR count). The van der Waals surface area contributed by atoms with Gasteiger partial charge in [0, 0.05) is 25.2 Å². The molecule has 1 aromatic carbocycles. The molecule has 0 bridgehead atoms. The number of rotatable bonds is 9. The van der Waals surface area contributed by atoms with E-state index in [0.29, 0.717) is 5.69 Å². The van der Waals surface area contributed by atoms with Crippen molar-refractivity contribution in [2.24, 2.45) is 0 Å². The maximum Gasteiger partial charge on any atom is 0.316 e. The first-order chi connectivity index (χ1) is 16.1. The van der Waals surface area contributed by atoms with Gasteiger partial charge >= 0.3 is 17.5 Å². The first-order valence-corrected chi connectivity index (χ1v) is 9.97. The monoisotopic (exact) mass is 492 g/mol. The number of carbonyl (C=O) groups is 2. The molecule has 178 valence electrons. The Labute approximate surface area is 195 Å². The lowest BCUT2D eigenvalue weighted by atomic mass is 10.2. The molecule has 2 heterocycles. The summed E-state index contributed by atoms with van der Waals surface area (Å²) in [6.07, 6.45) is 0. The van der Waals surface area contributed by atoms with E-state index in [1.54, 1.807) is 0 Å². The standard InChI is InChI=1S/C18H17ClN8O7/c1-9-15(27(32)33)10(2)25(23-9)8-14-22-18(34-24-14)17(29)21-6-5-20-16(28)12-7-11(26(30)31)3-4-13(12)19/h3-4,7H,5-6,8H2,1-2H3,(H,20,28)(H,21,29). The van der Waals surface area contributed by atoms with Crippen molar-refractivity contribution in [3.8, 4) is 0 Å². The summed E-state index contributed by atoms with van der Waals surface area (Å²) in [4.78, 5) is 49.1. The van der Waals surface area contributed by atoms with Gasteiger partial charge in [0.15, 0.2) is 5.82 Å². The summed E-state index contributed by atoms with van der Waals surface area (Å²) in [7, 11) is 0. The van der Waals surface area contributed by atoms with Gasteiger partial charge in [-0.05, 0) is 19.9 Å². The molecule has 0 atom stereocenters. The number of nitrogens with zero attached hydrogens (tertiary/aromatic N) is 6. The predicted molar refractivity (Wildman–Crippen MR) is 115 cm³/mol. The number of benzene rings is 1. The number of carbonyl (C=O) groups excluding carboxylic acids is 2. The number of nitrogens with one attached hydrogen (secondary N) is 2. The van der Waals surface area contributed by atoms with Gasteiger partial charge in [-0.25, -0.2) is 0 Å². The van der Waals surface area contributed by atoms with Crippen LogP contribution in [0.4, 0.5) is 11.4 Å². The van der Waals surface area contributed by atoms with Crippen molar-refractivity contribution < 1.29 is 24.0 Å². The minimum absolute atomic E-state index is 0.0139. The second kappa shape index (κ2) is 10.0. The number of hydrogen-bond donors (Lipinski definition) is 2. The Morgan fingerprint density at radius 1 is 1.12 bits per heavy atom. The molecule has 3 aromatic rings. The molecule has 0 saturated carbocycles. The van der Waals surface area contributed by atoms with Crippen LogP contribution in [0.25, 0.3) is 0 Å². The molecule has 0 radical (unpaired) electrons. The zero-order valence-corrected chi connectivity index (χ0v) is 18.5. The average molecular weight is 493 g/mol. The average Bonchev–Trinajstić information content (AvgIpc) is 3.35. The Balaban J connectivity index is 1.53. The smallest absolute Gasteiger partial charge is 0.316 e. The fraction of sp³-hybridized carbons (Fsp3) is 0.278. The second-order valence-electron chi connectivity index (χ2n) is 6.88. The highest BCUT2D eigenvalue weighted by Crippen LogP contribution is 2.23. The summed E-state index contributed by atoms with van der Waals surface area (Å²) in [5.74, 6) is -1.62. The Hall–Kier alpha value is -4.40. The van der Waals surface area contributed by atoms with Crippen LogP contribution >= 0.6 is 11.6 Å². The zero-order valence-electron chi connectivity index (χ0n) is 17.8. The first kappa shape index (κ1) is 24.2. The molecule has 2 amide bonds. The molecular weight excluding hydrogens is 476 g/mol. The first-order valence-electron chi connectivity index (χ1n) is 9.59. The van der Waals surface area contributed by atoms with E-state index in [1.165, 1.54) is 30.7 Å². The summed E-state index contributed by atoms with van der Waals surface area (Å²) in [5, 5.41) is 34.7. The molecule has 0 fully saturated rings. The fourth-order valence-electron chi connectivity index (χ4n) is 2.97. The van der Waals surface area contributed by atoms with Crippen LogP contribution in [-0.2, 0) is 6.54 Å². The Morgan fingerprint density at radius 3 is 2.41 bits per heavy atom. The van der Waals surface area contributed by atoms with Crippen LogP contribution in [0.15, 0.2) is 22.7 Å². The second-order valence-corrected chi connectivity index (χ2v) is 7.29. The lowest BCUT2D eigenvalue weighted by Crippen LogP contribution is -2.35. The van der Waals surface area contributed by atoms with Gasteiger partial charge in [-0.2, -0.15) is 10.1 Å². The molecule has 0 unspecified atom stereocenters. The number of nitro groups is 2.